The lowest BCUT2D eigenvalue weighted by molar-refractivity contribution is 0.0696. The maximum Gasteiger partial charge on any atom is 0.335 e. The third kappa shape index (κ3) is 4.40. The van der Waals surface area contributed by atoms with E-state index in [1.807, 2.05) is 6.92 Å². The number of benzene rings is 1. The van der Waals surface area contributed by atoms with Gasteiger partial charge in [0, 0.05) is 0 Å². The minimum atomic E-state index is -0.988. The summed E-state index contributed by atoms with van der Waals surface area (Å²) in [7, 11) is 0. The highest BCUT2D eigenvalue weighted by atomic mass is 79.9. The molecule has 0 heterocycles. The summed E-state index contributed by atoms with van der Waals surface area (Å²) < 4.78 is 11.9. The van der Waals surface area contributed by atoms with Crippen molar-refractivity contribution in [1.29, 1.82) is 0 Å². The van der Waals surface area contributed by atoms with E-state index in [1.54, 1.807) is 0 Å². The molecule has 0 spiro atoms. The van der Waals surface area contributed by atoms with E-state index in [4.69, 9.17) is 14.6 Å². The van der Waals surface area contributed by atoms with Crippen LogP contribution in [0.5, 0.6) is 11.5 Å². The topological polar surface area (TPSA) is 55.8 Å². The second kappa shape index (κ2) is 8.15. The van der Waals surface area contributed by atoms with Gasteiger partial charge < -0.3 is 14.6 Å². The number of rotatable bonds is 8. The molecule has 1 aromatic rings. The number of aromatic carboxylic acids is 1. The molecule has 0 saturated carbocycles. The van der Waals surface area contributed by atoms with E-state index < -0.39 is 5.97 Å². The van der Waals surface area contributed by atoms with Gasteiger partial charge in [-0.05, 0) is 40.9 Å². The summed E-state index contributed by atoms with van der Waals surface area (Å²) >= 11 is 3.36. The molecule has 0 atom stereocenters. The Labute approximate surface area is 128 Å². The molecule has 112 valence electrons. The van der Waals surface area contributed by atoms with Crippen LogP contribution in [0.25, 0.3) is 0 Å². The second-order valence-electron chi connectivity index (χ2n) is 4.52. The number of hydrogen-bond acceptors (Lipinski definition) is 3. The molecule has 0 bridgehead atoms. The fraction of sp³-hybridized carbons (Fsp3) is 0.533. The maximum absolute atomic E-state index is 11.1. The van der Waals surface area contributed by atoms with Crippen molar-refractivity contribution in [2.24, 2.45) is 5.92 Å². The van der Waals surface area contributed by atoms with Crippen LogP contribution in [0.15, 0.2) is 16.6 Å². The van der Waals surface area contributed by atoms with Crippen LogP contribution in [0.3, 0.4) is 0 Å². The monoisotopic (exact) mass is 344 g/mol. The van der Waals surface area contributed by atoms with E-state index in [2.05, 4.69) is 29.8 Å². The molecule has 1 N–H and O–H groups in total. The predicted octanol–water partition coefficient (Wildman–Crippen LogP) is 4.36. The smallest absolute Gasteiger partial charge is 0.335 e. The maximum atomic E-state index is 11.1. The van der Waals surface area contributed by atoms with Crippen molar-refractivity contribution >= 4 is 21.9 Å². The van der Waals surface area contributed by atoms with E-state index >= 15 is 0 Å². The normalized spacial score (nSPS) is 10.7. The number of carbonyl (C=O) groups is 1. The van der Waals surface area contributed by atoms with Gasteiger partial charge in [0.2, 0.25) is 0 Å². The van der Waals surface area contributed by atoms with E-state index in [9.17, 15) is 4.79 Å². The molecule has 0 aliphatic carbocycles. The fourth-order valence-electron chi connectivity index (χ4n) is 1.82. The lowest BCUT2D eigenvalue weighted by Gasteiger charge is -2.18. The van der Waals surface area contributed by atoms with Crippen LogP contribution in [0.2, 0.25) is 0 Å². The van der Waals surface area contributed by atoms with E-state index in [-0.39, 0.29) is 5.56 Å². The summed E-state index contributed by atoms with van der Waals surface area (Å²) in [6.07, 6.45) is 2.09. The summed E-state index contributed by atoms with van der Waals surface area (Å²) in [5.41, 5.74) is 0.176. The van der Waals surface area contributed by atoms with Crippen molar-refractivity contribution in [3.8, 4) is 11.5 Å². The number of ether oxygens (including phenoxy) is 2. The van der Waals surface area contributed by atoms with E-state index in [1.165, 1.54) is 12.1 Å². The van der Waals surface area contributed by atoms with Crippen LogP contribution in [0.1, 0.15) is 44.0 Å². The Kier molecular flexibility index (Phi) is 6.85. The highest BCUT2D eigenvalue weighted by Crippen LogP contribution is 2.37. The summed E-state index contributed by atoms with van der Waals surface area (Å²) in [6.45, 7) is 7.16. The quantitative estimate of drug-likeness (QED) is 0.761. The van der Waals surface area contributed by atoms with Crippen LogP contribution in [0, 0.1) is 5.92 Å². The zero-order chi connectivity index (χ0) is 15.1. The molecule has 0 aliphatic heterocycles. The van der Waals surface area contributed by atoms with Crippen molar-refractivity contribution in [1.82, 2.24) is 0 Å². The predicted molar refractivity (Wildman–Crippen MR) is 81.8 cm³/mol. The molecular formula is C15H21BrO4. The molecule has 0 saturated heterocycles. The second-order valence-corrected chi connectivity index (χ2v) is 5.37. The van der Waals surface area contributed by atoms with Gasteiger partial charge in [0.25, 0.3) is 0 Å². The standard InChI is InChI=1S/C15H21BrO4/c1-4-10(5-2)9-20-14-12(16)7-11(15(17)18)8-13(14)19-6-3/h7-8,10H,4-6,9H2,1-3H3,(H,17,18). The number of carboxylic acid groups (broad SMARTS) is 1. The summed E-state index contributed by atoms with van der Waals surface area (Å²) in [4.78, 5) is 11.1. The van der Waals surface area contributed by atoms with Gasteiger partial charge in [-0.25, -0.2) is 4.79 Å². The van der Waals surface area contributed by atoms with Gasteiger partial charge in [-0.15, -0.1) is 0 Å². The molecule has 1 aromatic carbocycles. The van der Waals surface area contributed by atoms with E-state index in [0.29, 0.717) is 35.1 Å². The summed E-state index contributed by atoms with van der Waals surface area (Å²) in [5.74, 6) is 0.530. The molecule has 0 fully saturated rings. The van der Waals surface area contributed by atoms with Crippen molar-refractivity contribution in [3.05, 3.63) is 22.2 Å². The molecule has 0 aliphatic rings. The average Bonchev–Trinajstić information content (AvgIpc) is 2.42. The zero-order valence-electron chi connectivity index (χ0n) is 12.1. The molecule has 4 nitrogen and oxygen atoms in total. The highest BCUT2D eigenvalue weighted by Gasteiger charge is 2.16. The molecule has 5 heteroatoms. The first-order chi connectivity index (χ1) is 9.53. The number of halogens is 1. The Bertz CT molecular complexity index is 455. The first-order valence-electron chi connectivity index (χ1n) is 6.85. The summed E-state index contributed by atoms with van der Waals surface area (Å²) in [5, 5.41) is 9.07. The van der Waals surface area contributed by atoms with Gasteiger partial charge in [-0.1, -0.05) is 26.7 Å². The minimum absolute atomic E-state index is 0.176. The largest absolute Gasteiger partial charge is 0.490 e. The van der Waals surface area contributed by atoms with Crippen molar-refractivity contribution in [3.63, 3.8) is 0 Å². The average molecular weight is 345 g/mol. The highest BCUT2D eigenvalue weighted by molar-refractivity contribution is 9.10. The van der Waals surface area contributed by atoms with Crippen LogP contribution in [-0.4, -0.2) is 24.3 Å². The molecular weight excluding hydrogens is 324 g/mol. The third-order valence-corrected chi connectivity index (χ3v) is 3.76. The minimum Gasteiger partial charge on any atom is -0.490 e. The van der Waals surface area contributed by atoms with Crippen LogP contribution in [-0.2, 0) is 0 Å². The lowest BCUT2D eigenvalue weighted by Crippen LogP contribution is -2.11. The zero-order valence-corrected chi connectivity index (χ0v) is 13.7. The Morgan fingerprint density at radius 3 is 2.40 bits per heavy atom. The first kappa shape index (κ1) is 16.8. The van der Waals surface area contributed by atoms with Gasteiger partial charge in [0.1, 0.15) is 0 Å². The van der Waals surface area contributed by atoms with Gasteiger partial charge in [0.15, 0.2) is 11.5 Å². The Balaban J connectivity index is 3.01. The molecule has 20 heavy (non-hydrogen) atoms. The number of carboxylic acids is 1. The lowest BCUT2D eigenvalue weighted by atomic mass is 10.1. The number of hydrogen-bond donors (Lipinski definition) is 1. The summed E-state index contributed by atoms with van der Waals surface area (Å²) in [6, 6.07) is 3.03. The van der Waals surface area contributed by atoms with E-state index in [0.717, 1.165) is 12.8 Å². The van der Waals surface area contributed by atoms with Gasteiger partial charge in [-0.2, -0.15) is 0 Å². The van der Waals surface area contributed by atoms with Crippen LogP contribution in [0.4, 0.5) is 0 Å². The van der Waals surface area contributed by atoms with Crippen LogP contribution < -0.4 is 9.47 Å². The molecule has 0 amide bonds. The van der Waals surface area contributed by atoms with Gasteiger partial charge in [0.05, 0.1) is 23.2 Å². The SMILES string of the molecule is CCOc1cc(C(=O)O)cc(Br)c1OCC(CC)CC. The third-order valence-electron chi connectivity index (χ3n) is 3.17. The first-order valence-corrected chi connectivity index (χ1v) is 7.65. The van der Waals surface area contributed by atoms with Gasteiger partial charge >= 0.3 is 5.97 Å². The molecule has 0 aromatic heterocycles. The van der Waals surface area contributed by atoms with Crippen molar-refractivity contribution in [2.75, 3.05) is 13.2 Å². The van der Waals surface area contributed by atoms with Gasteiger partial charge in [-0.3, -0.25) is 0 Å². The van der Waals surface area contributed by atoms with Crippen molar-refractivity contribution in [2.45, 2.75) is 33.6 Å². The Morgan fingerprint density at radius 2 is 1.90 bits per heavy atom. The van der Waals surface area contributed by atoms with Crippen molar-refractivity contribution < 1.29 is 19.4 Å². The Hall–Kier alpha value is -1.23. The molecule has 1 rings (SSSR count). The van der Waals surface area contributed by atoms with Crippen LogP contribution >= 0.6 is 15.9 Å². The fourth-order valence-corrected chi connectivity index (χ4v) is 2.38. The molecule has 0 unspecified atom stereocenters. The molecule has 0 radical (unpaired) electrons. The Morgan fingerprint density at radius 1 is 1.25 bits per heavy atom.